The zero-order valence-corrected chi connectivity index (χ0v) is 19.1. The number of benzene rings is 2. The van der Waals surface area contributed by atoms with E-state index in [1.54, 1.807) is 24.3 Å². The van der Waals surface area contributed by atoms with Gasteiger partial charge in [-0.3, -0.25) is 15.0 Å². The SMILES string of the molecule is COc1cc(CC2(CCC(=O)NCC3CNNC3c3ccc(F)cc3)CCC(=O)N2)ccc1F. The fourth-order valence-electron chi connectivity index (χ4n) is 4.82. The Kier molecular flexibility index (Phi) is 7.43. The van der Waals surface area contributed by atoms with Crippen LogP contribution < -0.4 is 26.2 Å². The first kappa shape index (κ1) is 24.1. The number of rotatable bonds is 9. The number of carbonyl (C=O) groups excluding carboxylic acids is 2. The van der Waals surface area contributed by atoms with E-state index < -0.39 is 11.4 Å². The molecule has 0 aliphatic carbocycles. The van der Waals surface area contributed by atoms with Crippen LogP contribution >= 0.6 is 0 Å². The fourth-order valence-corrected chi connectivity index (χ4v) is 4.82. The van der Waals surface area contributed by atoms with Crippen LogP contribution in [0.4, 0.5) is 8.78 Å². The molecule has 3 unspecified atom stereocenters. The fraction of sp³-hybridized carbons (Fsp3) is 0.440. The summed E-state index contributed by atoms with van der Waals surface area (Å²) in [6.45, 7) is 1.14. The Balaban J connectivity index is 1.33. The third-order valence-electron chi connectivity index (χ3n) is 6.71. The summed E-state index contributed by atoms with van der Waals surface area (Å²) in [6.07, 6.45) is 2.24. The van der Waals surface area contributed by atoms with Crippen molar-refractivity contribution in [2.24, 2.45) is 5.92 Å². The van der Waals surface area contributed by atoms with E-state index in [1.807, 2.05) is 0 Å². The summed E-state index contributed by atoms with van der Waals surface area (Å²) in [7, 11) is 1.41. The van der Waals surface area contributed by atoms with Gasteiger partial charge in [0.15, 0.2) is 11.6 Å². The molecule has 7 nitrogen and oxygen atoms in total. The van der Waals surface area contributed by atoms with E-state index in [4.69, 9.17) is 4.74 Å². The maximum absolute atomic E-state index is 13.8. The molecule has 0 bridgehead atoms. The van der Waals surface area contributed by atoms with Crippen molar-refractivity contribution >= 4 is 11.8 Å². The first-order valence-corrected chi connectivity index (χ1v) is 11.5. The van der Waals surface area contributed by atoms with Gasteiger partial charge in [-0.05, 0) is 54.7 Å². The maximum Gasteiger partial charge on any atom is 0.220 e. The molecule has 2 aliphatic rings. The molecule has 2 heterocycles. The average molecular weight is 473 g/mol. The van der Waals surface area contributed by atoms with Gasteiger partial charge >= 0.3 is 0 Å². The lowest BCUT2D eigenvalue weighted by atomic mass is 9.84. The summed E-state index contributed by atoms with van der Waals surface area (Å²) in [5.41, 5.74) is 7.53. The molecule has 9 heteroatoms. The Morgan fingerprint density at radius 2 is 2.00 bits per heavy atom. The summed E-state index contributed by atoms with van der Waals surface area (Å²) in [4.78, 5) is 24.7. The lowest BCUT2D eigenvalue weighted by Crippen LogP contribution is -2.45. The predicted octanol–water partition coefficient (Wildman–Crippen LogP) is 2.53. The van der Waals surface area contributed by atoms with E-state index in [0.29, 0.717) is 38.8 Å². The van der Waals surface area contributed by atoms with Crippen molar-refractivity contribution in [1.82, 2.24) is 21.5 Å². The van der Waals surface area contributed by atoms with Gasteiger partial charge in [0.2, 0.25) is 11.8 Å². The normalized spacial score (nSPS) is 24.1. The number of hydrogen-bond donors (Lipinski definition) is 4. The van der Waals surface area contributed by atoms with E-state index in [2.05, 4.69) is 21.5 Å². The van der Waals surface area contributed by atoms with Gasteiger partial charge in [-0.1, -0.05) is 18.2 Å². The molecule has 182 valence electrons. The number of carbonyl (C=O) groups is 2. The van der Waals surface area contributed by atoms with Crippen molar-refractivity contribution in [2.75, 3.05) is 20.2 Å². The van der Waals surface area contributed by atoms with E-state index in [1.165, 1.54) is 25.3 Å². The number of halogens is 2. The largest absolute Gasteiger partial charge is 0.494 e. The summed E-state index contributed by atoms with van der Waals surface area (Å²) in [5.74, 6) is -0.594. The molecule has 2 saturated heterocycles. The molecule has 3 atom stereocenters. The zero-order chi connectivity index (χ0) is 24.1. The van der Waals surface area contributed by atoms with Crippen LogP contribution in [0.2, 0.25) is 0 Å². The van der Waals surface area contributed by atoms with Crippen LogP contribution in [-0.2, 0) is 16.0 Å². The molecule has 2 fully saturated rings. The number of hydrogen-bond acceptors (Lipinski definition) is 5. The number of methoxy groups -OCH3 is 1. The van der Waals surface area contributed by atoms with Gasteiger partial charge in [0, 0.05) is 37.4 Å². The quantitative estimate of drug-likeness (QED) is 0.450. The highest BCUT2D eigenvalue weighted by molar-refractivity contribution is 5.80. The van der Waals surface area contributed by atoms with E-state index in [-0.39, 0.29) is 41.8 Å². The summed E-state index contributed by atoms with van der Waals surface area (Å²) in [5, 5.41) is 6.05. The average Bonchev–Trinajstić information content (AvgIpc) is 3.45. The Morgan fingerprint density at radius 3 is 2.71 bits per heavy atom. The molecular formula is C25H30F2N4O3. The Morgan fingerprint density at radius 1 is 1.21 bits per heavy atom. The second kappa shape index (κ2) is 10.5. The summed E-state index contributed by atoms with van der Waals surface area (Å²) in [6, 6.07) is 11.0. The smallest absolute Gasteiger partial charge is 0.220 e. The lowest BCUT2D eigenvalue weighted by molar-refractivity contribution is -0.122. The van der Waals surface area contributed by atoms with Crippen molar-refractivity contribution in [3.05, 3.63) is 65.2 Å². The molecule has 34 heavy (non-hydrogen) atoms. The van der Waals surface area contributed by atoms with Gasteiger partial charge in [0.1, 0.15) is 5.82 Å². The highest BCUT2D eigenvalue weighted by atomic mass is 19.1. The monoisotopic (exact) mass is 472 g/mol. The Bertz CT molecular complexity index is 1030. The molecule has 4 N–H and O–H groups in total. The van der Waals surface area contributed by atoms with Gasteiger partial charge in [-0.15, -0.1) is 0 Å². The van der Waals surface area contributed by atoms with Crippen molar-refractivity contribution in [3.63, 3.8) is 0 Å². The lowest BCUT2D eigenvalue weighted by Gasteiger charge is -2.29. The third kappa shape index (κ3) is 5.71. The van der Waals surface area contributed by atoms with Crippen LogP contribution in [0.5, 0.6) is 5.75 Å². The van der Waals surface area contributed by atoms with Gasteiger partial charge in [-0.25, -0.2) is 14.2 Å². The van der Waals surface area contributed by atoms with E-state index >= 15 is 0 Å². The third-order valence-corrected chi connectivity index (χ3v) is 6.71. The molecule has 0 aromatic heterocycles. The maximum atomic E-state index is 13.8. The van der Waals surface area contributed by atoms with Crippen LogP contribution in [-0.4, -0.2) is 37.6 Å². The van der Waals surface area contributed by atoms with Crippen LogP contribution in [0.1, 0.15) is 42.9 Å². The van der Waals surface area contributed by atoms with Crippen molar-refractivity contribution in [1.29, 1.82) is 0 Å². The molecule has 2 aromatic rings. The molecule has 2 amide bonds. The van der Waals surface area contributed by atoms with Crippen LogP contribution in [0, 0.1) is 17.6 Å². The first-order chi connectivity index (χ1) is 16.4. The number of nitrogens with one attached hydrogen (secondary N) is 4. The molecule has 0 radical (unpaired) electrons. The van der Waals surface area contributed by atoms with Crippen molar-refractivity contribution in [3.8, 4) is 5.75 Å². The minimum atomic E-state index is -0.551. The highest BCUT2D eigenvalue weighted by Crippen LogP contribution is 2.31. The minimum Gasteiger partial charge on any atom is -0.494 e. The van der Waals surface area contributed by atoms with Gasteiger partial charge < -0.3 is 15.4 Å². The standard InChI is InChI=1S/C25H30F2N4O3/c1-34-21-12-16(2-7-20(21)27)13-25(11-9-23(33)30-25)10-8-22(32)28-14-18-15-29-31-24(18)17-3-5-19(26)6-4-17/h2-7,12,18,24,29,31H,8-11,13-15H2,1H3,(H,28,32)(H,30,33). The Hall–Kier alpha value is -3.04. The summed E-state index contributed by atoms with van der Waals surface area (Å²) < 4.78 is 32.1. The molecule has 0 spiro atoms. The molecule has 0 saturated carbocycles. The van der Waals surface area contributed by atoms with E-state index in [9.17, 15) is 18.4 Å². The van der Waals surface area contributed by atoms with Crippen molar-refractivity contribution in [2.45, 2.75) is 43.7 Å². The first-order valence-electron chi connectivity index (χ1n) is 11.5. The second-order valence-corrected chi connectivity index (χ2v) is 9.09. The number of amides is 2. The van der Waals surface area contributed by atoms with Gasteiger partial charge in [0.05, 0.1) is 13.2 Å². The number of hydrazine groups is 1. The Labute approximate surface area is 197 Å². The molecule has 2 aromatic carbocycles. The molecule has 4 rings (SSSR count). The van der Waals surface area contributed by atoms with Gasteiger partial charge in [0.25, 0.3) is 0 Å². The van der Waals surface area contributed by atoms with Crippen LogP contribution in [0.25, 0.3) is 0 Å². The number of ether oxygens (including phenoxy) is 1. The zero-order valence-electron chi connectivity index (χ0n) is 19.1. The van der Waals surface area contributed by atoms with E-state index in [0.717, 1.165) is 11.1 Å². The van der Waals surface area contributed by atoms with Crippen LogP contribution in [0.3, 0.4) is 0 Å². The van der Waals surface area contributed by atoms with Crippen LogP contribution in [0.15, 0.2) is 42.5 Å². The van der Waals surface area contributed by atoms with Gasteiger partial charge in [-0.2, -0.15) is 0 Å². The minimum absolute atomic E-state index is 0.0326. The topological polar surface area (TPSA) is 91.5 Å². The summed E-state index contributed by atoms with van der Waals surface area (Å²) >= 11 is 0. The van der Waals surface area contributed by atoms with Crippen molar-refractivity contribution < 1.29 is 23.1 Å². The highest BCUT2D eigenvalue weighted by Gasteiger charge is 2.38. The molecule has 2 aliphatic heterocycles. The molecular weight excluding hydrogens is 442 g/mol. The predicted molar refractivity (Wildman–Crippen MR) is 123 cm³/mol. The second-order valence-electron chi connectivity index (χ2n) is 9.09.